The summed E-state index contributed by atoms with van der Waals surface area (Å²) in [6.45, 7) is 0. The van der Waals surface area contributed by atoms with Gasteiger partial charge < -0.3 is 0 Å². The summed E-state index contributed by atoms with van der Waals surface area (Å²) in [7, 11) is 0. The largest absolute Gasteiger partial charge is 0.0521 e. The molecule has 0 fully saturated rings. The minimum atomic E-state index is 1.12. The summed E-state index contributed by atoms with van der Waals surface area (Å²) in [6.07, 6.45) is 0. The van der Waals surface area contributed by atoms with E-state index < -0.39 is 0 Å². The van der Waals surface area contributed by atoms with Crippen molar-refractivity contribution in [2.75, 3.05) is 0 Å². The molecule has 0 saturated heterocycles. The predicted molar refractivity (Wildman–Crippen MR) is 101 cm³/mol. The maximum atomic E-state index is 3.71. The number of hydrogen-bond donors (Lipinski definition) is 0. The summed E-state index contributed by atoms with van der Waals surface area (Å²) < 4.78 is 4.48. The average Bonchev–Trinajstić information content (AvgIpc) is 2.42. The van der Waals surface area contributed by atoms with Gasteiger partial charge in [0.05, 0.1) is 0 Å². The van der Waals surface area contributed by atoms with E-state index in [0.29, 0.717) is 0 Å². The normalized spacial score (nSPS) is 12.0. The molecule has 0 N–H and O–H groups in total. The summed E-state index contributed by atoms with van der Waals surface area (Å²) in [5.74, 6) is 0. The lowest BCUT2D eigenvalue weighted by molar-refractivity contribution is 1.69. The molecule has 4 rings (SSSR count). The van der Waals surface area contributed by atoms with Gasteiger partial charge in [0.15, 0.2) is 0 Å². The zero-order valence-electron chi connectivity index (χ0n) is 9.98. The average molecular weight is 518 g/mol. The van der Waals surface area contributed by atoms with Crippen molar-refractivity contribution < 1.29 is 0 Å². The molecule has 0 unspecified atom stereocenters. The molecule has 0 bridgehead atoms. The maximum Gasteiger partial charge on any atom is 0.0260 e. The van der Waals surface area contributed by atoms with Gasteiger partial charge in [0, 0.05) is 17.9 Å². The van der Waals surface area contributed by atoms with Gasteiger partial charge >= 0.3 is 0 Å². The van der Waals surface area contributed by atoms with E-state index in [1.807, 2.05) is 0 Å². The molecule has 0 spiro atoms. The lowest BCUT2D eigenvalue weighted by Crippen LogP contribution is -1.88. The van der Waals surface area contributed by atoms with Crippen LogP contribution < -0.4 is 0 Å². The van der Waals surface area contributed by atoms with E-state index in [1.165, 1.54) is 32.3 Å². The van der Waals surface area contributed by atoms with E-state index in [0.717, 1.165) is 17.9 Å². The Balaban J connectivity index is 2.50. The first kappa shape index (κ1) is 13.5. The Morgan fingerprint density at radius 3 is 1.25 bits per heavy atom. The molecule has 98 valence electrons. The lowest BCUT2D eigenvalue weighted by atomic mass is 9.94. The molecule has 0 radical (unpaired) electrons. The molecule has 0 amide bonds. The Bertz CT molecular complexity index is 907. The molecule has 0 atom stereocenters. The van der Waals surface area contributed by atoms with Gasteiger partial charge in [0.2, 0.25) is 0 Å². The highest BCUT2D eigenvalue weighted by Crippen LogP contribution is 2.45. The zero-order chi connectivity index (χ0) is 14.0. The molecular weight excluding hydrogens is 512 g/mol. The SMILES string of the molecule is Brc1cc2c(Br)ccc3c(Br)cc4c(Br)ccc1c4c32. The monoisotopic (exact) mass is 514 g/mol. The summed E-state index contributed by atoms with van der Waals surface area (Å²) in [5.41, 5.74) is 0. The van der Waals surface area contributed by atoms with Crippen molar-refractivity contribution in [3.63, 3.8) is 0 Å². The predicted octanol–water partition coefficient (Wildman–Crippen LogP) is 7.63. The third-order valence-corrected chi connectivity index (χ3v) is 6.39. The summed E-state index contributed by atoms with van der Waals surface area (Å²) in [6, 6.07) is 12.9. The van der Waals surface area contributed by atoms with Crippen LogP contribution in [0.5, 0.6) is 0 Å². The molecule has 0 aromatic heterocycles. The van der Waals surface area contributed by atoms with Crippen LogP contribution in [0.15, 0.2) is 54.3 Å². The van der Waals surface area contributed by atoms with Crippen molar-refractivity contribution in [2.45, 2.75) is 0 Å². The Hall–Kier alpha value is -0.160. The van der Waals surface area contributed by atoms with Gasteiger partial charge in [-0.1, -0.05) is 75.9 Å². The van der Waals surface area contributed by atoms with Gasteiger partial charge in [-0.3, -0.25) is 0 Å². The molecule has 4 aromatic rings. The number of rotatable bonds is 0. The fourth-order valence-corrected chi connectivity index (χ4v) is 4.82. The van der Waals surface area contributed by atoms with Crippen molar-refractivity contribution in [3.8, 4) is 0 Å². The van der Waals surface area contributed by atoms with Gasteiger partial charge in [-0.25, -0.2) is 0 Å². The second-order valence-corrected chi connectivity index (χ2v) is 8.17. The third kappa shape index (κ3) is 1.75. The summed E-state index contributed by atoms with van der Waals surface area (Å²) in [5, 5.41) is 7.53. The van der Waals surface area contributed by atoms with Gasteiger partial charge in [-0.05, 0) is 56.6 Å². The minimum absolute atomic E-state index is 1.12. The Labute approximate surface area is 149 Å². The summed E-state index contributed by atoms with van der Waals surface area (Å²) in [4.78, 5) is 0. The fourth-order valence-electron chi connectivity index (χ4n) is 2.82. The maximum absolute atomic E-state index is 3.71. The van der Waals surface area contributed by atoms with Gasteiger partial charge in [0.1, 0.15) is 0 Å². The highest BCUT2D eigenvalue weighted by Gasteiger charge is 2.16. The third-order valence-electron chi connectivity index (χ3n) is 3.69. The smallest absolute Gasteiger partial charge is 0.0260 e. The van der Waals surface area contributed by atoms with Crippen LogP contribution in [0.4, 0.5) is 0 Å². The number of halogens is 4. The van der Waals surface area contributed by atoms with Crippen LogP contribution in [0.3, 0.4) is 0 Å². The van der Waals surface area contributed by atoms with Gasteiger partial charge in [-0.2, -0.15) is 0 Å². The molecule has 4 heteroatoms. The molecular formula is C16H6Br4. The van der Waals surface area contributed by atoms with E-state index in [1.54, 1.807) is 0 Å². The fraction of sp³-hybridized carbons (Fsp3) is 0. The van der Waals surface area contributed by atoms with E-state index in [2.05, 4.69) is 100 Å². The van der Waals surface area contributed by atoms with Crippen molar-refractivity contribution in [2.24, 2.45) is 0 Å². The Morgan fingerprint density at radius 2 is 0.850 bits per heavy atom. The van der Waals surface area contributed by atoms with Crippen LogP contribution in [0, 0.1) is 0 Å². The highest BCUT2D eigenvalue weighted by molar-refractivity contribution is 9.11. The quantitative estimate of drug-likeness (QED) is 0.210. The van der Waals surface area contributed by atoms with E-state index >= 15 is 0 Å². The van der Waals surface area contributed by atoms with Crippen molar-refractivity contribution in [1.29, 1.82) is 0 Å². The van der Waals surface area contributed by atoms with Gasteiger partial charge in [0.25, 0.3) is 0 Å². The topological polar surface area (TPSA) is 0 Å². The summed E-state index contributed by atoms with van der Waals surface area (Å²) >= 11 is 14.8. The number of benzene rings is 4. The van der Waals surface area contributed by atoms with Crippen LogP contribution in [-0.2, 0) is 0 Å². The molecule has 0 aliphatic carbocycles. The molecule has 0 nitrogen and oxygen atoms in total. The first-order chi connectivity index (χ1) is 9.58. The Morgan fingerprint density at radius 1 is 0.450 bits per heavy atom. The lowest BCUT2D eigenvalue weighted by Gasteiger charge is -2.15. The zero-order valence-corrected chi connectivity index (χ0v) is 16.3. The minimum Gasteiger partial charge on any atom is -0.0521 e. The molecule has 0 saturated carbocycles. The second kappa shape index (κ2) is 4.67. The van der Waals surface area contributed by atoms with Crippen molar-refractivity contribution in [1.82, 2.24) is 0 Å². The molecule has 20 heavy (non-hydrogen) atoms. The number of hydrogen-bond acceptors (Lipinski definition) is 0. The molecule has 4 aromatic carbocycles. The van der Waals surface area contributed by atoms with Crippen molar-refractivity contribution in [3.05, 3.63) is 54.3 Å². The molecule has 0 aliphatic rings. The van der Waals surface area contributed by atoms with E-state index in [4.69, 9.17) is 0 Å². The first-order valence-corrected chi connectivity index (χ1v) is 9.15. The van der Waals surface area contributed by atoms with E-state index in [9.17, 15) is 0 Å². The van der Waals surface area contributed by atoms with Crippen LogP contribution in [0.25, 0.3) is 32.3 Å². The second-order valence-electron chi connectivity index (χ2n) is 4.75. The van der Waals surface area contributed by atoms with Crippen LogP contribution in [0.2, 0.25) is 0 Å². The van der Waals surface area contributed by atoms with Crippen LogP contribution in [-0.4, -0.2) is 0 Å². The standard InChI is InChI=1S/C16H6Br4/c17-11-3-1-7-13(19)5-10-12(18)4-2-8-14(20)6-9(11)15(7)16(8)10/h1-6H. The Kier molecular flexibility index (Phi) is 3.15. The van der Waals surface area contributed by atoms with Crippen molar-refractivity contribution >= 4 is 96.0 Å². The molecule has 0 heterocycles. The molecule has 0 aliphatic heterocycles. The first-order valence-electron chi connectivity index (χ1n) is 5.98. The van der Waals surface area contributed by atoms with Crippen LogP contribution >= 0.6 is 63.7 Å². The van der Waals surface area contributed by atoms with Gasteiger partial charge in [-0.15, -0.1) is 0 Å². The highest BCUT2D eigenvalue weighted by atomic mass is 79.9. The van der Waals surface area contributed by atoms with Crippen LogP contribution in [0.1, 0.15) is 0 Å². The van der Waals surface area contributed by atoms with E-state index in [-0.39, 0.29) is 0 Å².